The van der Waals surface area contributed by atoms with Crippen LogP contribution in [0.3, 0.4) is 0 Å². The van der Waals surface area contributed by atoms with Gasteiger partial charge in [-0.3, -0.25) is 0 Å². The highest BCUT2D eigenvalue weighted by molar-refractivity contribution is 6.74. The van der Waals surface area contributed by atoms with Gasteiger partial charge in [0, 0.05) is 0 Å². The van der Waals surface area contributed by atoms with E-state index in [1.54, 1.807) is 0 Å². The molecule has 0 N–H and O–H groups in total. The minimum atomic E-state index is -1.80. The Morgan fingerprint density at radius 2 is 1.88 bits per heavy atom. The third kappa shape index (κ3) is 7.24. The van der Waals surface area contributed by atoms with E-state index in [2.05, 4.69) is 85.0 Å². The zero-order valence-corrected chi connectivity index (χ0v) is 18.8. The lowest BCUT2D eigenvalue weighted by Gasteiger charge is -2.44. The van der Waals surface area contributed by atoms with Crippen LogP contribution in [0.4, 0.5) is 0 Å². The van der Waals surface area contributed by atoms with Crippen LogP contribution in [0.2, 0.25) is 18.1 Å². The van der Waals surface area contributed by atoms with E-state index in [4.69, 9.17) is 9.16 Å². The monoisotopic (exact) mass is 364 g/mol. The van der Waals surface area contributed by atoms with Gasteiger partial charge in [-0.15, -0.1) is 0 Å². The number of hydrogen-bond acceptors (Lipinski definition) is 2. The fourth-order valence-electron chi connectivity index (χ4n) is 2.76. The molecule has 3 atom stereocenters. The molecule has 0 spiro atoms. The first-order valence-electron chi connectivity index (χ1n) is 9.88. The normalized spacial score (nSPS) is 26.7. The summed E-state index contributed by atoms with van der Waals surface area (Å²) < 4.78 is 12.9. The highest BCUT2D eigenvalue weighted by Gasteiger charge is 2.42. The van der Waals surface area contributed by atoms with Crippen molar-refractivity contribution in [3.05, 3.63) is 36.0 Å². The average molecular weight is 365 g/mol. The predicted molar refractivity (Wildman–Crippen MR) is 113 cm³/mol. The van der Waals surface area contributed by atoms with Crippen LogP contribution >= 0.6 is 0 Å². The molecule has 1 heterocycles. The van der Waals surface area contributed by atoms with Gasteiger partial charge in [-0.25, -0.2) is 0 Å². The van der Waals surface area contributed by atoms with Crippen molar-refractivity contribution in [2.45, 2.75) is 91.1 Å². The molecule has 0 saturated carbocycles. The van der Waals surface area contributed by atoms with Gasteiger partial charge in [0.05, 0.1) is 12.7 Å². The fourth-order valence-corrected chi connectivity index (χ4v) is 4.09. The minimum Gasteiger partial charge on any atom is -0.411 e. The van der Waals surface area contributed by atoms with Crippen LogP contribution in [-0.4, -0.2) is 27.1 Å². The van der Waals surface area contributed by atoms with Crippen LogP contribution in [0.5, 0.6) is 0 Å². The Kier molecular flexibility index (Phi) is 8.86. The summed E-state index contributed by atoms with van der Waals surface area (Å²) in [5.74, 6) is 0.561. The fraction of sp³-hybridized carbons (Fsp3) is 0.727. The third-order valence-electron chi connectivity index (χ3n) is 5.41. The second kappa shape index (κ2) is 9.89. The van der Waals surface area contributed by atoms with Gasteiger partial charge in [0.2, 0.25) is 0 Å². The van der Waals surface area contributed by atoms with E-state index in [1.165, 1.54) is 12.0 Å². The topological polar surface area (TPSA) is 18.5 Å². The smallest absolute Gasteiger partial charge is 0.192 e. The Morgan fingerprint density at radius 3 is 2.48 bits per heavy atom. The van der Waals surface area contributed by atoms with Gasteiger partial charge in [-0.05, 0) is 49.4 Å². The largest absolute Gasteiger partial charge is 0.411 e. The first kappa shape index (κ1) is 22.4. The third-order valence-corrected chi connectivity index (χ3v) is 9.91. The van der Waals surface area contributed by atoms with Crippen molar-refractivity contribution in [3.63, 3.8) is 0 Å². The van der Waals surface area contributed by atoms with E-state index in [0.29, 0.717) is 5.92 Å². The first-order chi connectivity index (χ1) is 11.6. The van der Waals surface area contributed by atoms with E-state index in [9.17, 15) is 0 Å². The molecule has 2 nitrogen and oxygen atoms in total. The Hall–Kier alpha value is -0.643. The molecule has 1 rings (SSSR count). The van der Waals surface area contributed by atoms with Gasteiger partial charge >= 0.3 is 0 Å². The van der Waals surface area contributed by atoms with Crippen molar-refractivity contribution in [2.24, 2.45) is 5.92 Å². The first-order valence-corrected chi connectivity index (χ1v) is 12.8. The Balaban J connectivity index is 2.83. The van der Waals surface area contributed by atoms with Crippen LogP contribution in [0.1, 0.15) is 60.8 Å². The zero-order valence-electron chi connectivity index (χ0n) is 17.8. The summed E-state index contributed by atoms with van der Waals surface area (Å²) >= 11 is 0. The van der Waals surface area contributed by atoms with E-state index in [0.717, 1.165) is 19.4 Å². The van der Waals surface area contributed by atoms with Gasteiger partial charge in [-0.2, -0.15) is 0 Å². The molecule has 25 heavy (non-hydrogen) atoms. The Labute approximate surface area is 157 Å². The van der Waals surface area contributed by atoms with E-state index in [-0.39, 0.29) is 17.2 Å². The molecule has 0 radical (unpaired) electrons. The van der Waals surface area contributed by atoms with E-state index < -0.39 is 8.32 Å². The molecule has 0 bridgehead atoms. The highest BCUT2D eigenvalue weighted by atomic mass is 28.4. The molecule has 3 heteroatoms. The lowest BCUT2D eigenvalue weighted by Crippen LogP contribution is -2.50. The molecule has 0 aromatic heterocycles. The molecular weight excluding hydrogens is 324 g/mol. The number of hydrogen-bond donors (Lipinski definition) is 0. The Morgan fingerprint density at radius 1 is 1.20 bits per heavy atom. The molecule has 0 amide bonds. The number of ether oxygens (including phenoxy) is 1. The molecule has 0 aromatic carbocycles. The number of unbranched alkanes of at least 4 members (excludes halogenated alkanes) is 1. The number of rotatable bonds is 7. The summed E-state index contributed by atoms with van der Waals surface area (Å²) in [5.41, 5.74) is 1.26. The SMILES string of the molecule is CCC/C=C/C=C\C=C(/C)[C@@H]1OC[C@@H](C)C[C@H]1O[Si](C)(C)C(C)(C)C. The standard InChI is InChI=1S/C22H40O2Si/c1-9-10-11-12-13-14-15-19(3)21-20(16-18(2)17-23-21)24-25(7,8)22(4,5)6/h11-15,18,20-21H,9-10,16-17H2,1-8H3/b12-11+,14-13-,19-15+/t18-,20+,21-/m0/s1. The van der Waals surface area contributed by atoms with Gasteiger partial charge in [0.25, 0.3) is 0 Å². The summed E-state index contributed by atoms with van der Waals surface area (Å²) in [6, 6.07) is 0. The molecule has 1 aliphatic heterocycles. The molecule has 1 fully saturated rings. The van der Waals surface area contributed by atoms with Crippen molar-refractivity contribution < 1.29 is 9.16 Å². The zero-order chi connectivity index (χ0) is 19.1. The lowest BCUT2D eigenvalue weighted by molar-refractivity contribution is -0.0705. The van der Waals surface area contributed by atoms with Crippen LogP contribution in [0, 0.1) is 5.92 Å². The summed E-state index contributed by atoms with van der Waals surface area (Å²) in [5, 5.41) is 0.222. The van der Waals surface area contributed by atoms with E-state index in [1.807, 2.05) is 0 Å². The summed E-state index contributed by atoms with van der Waals surface area (Å²) in [6.45, 7) is 19.0. The molecule has 1 saturated heterocycles. The Bertz CT molecular complexity index is 483. The average Bonchev–Trinajstić information content (AvgIpc) is 2.49. The second-order valence-electron chi connectivity index (χ2n) is 9.02. The summed E-state index contributed by atoms with van der Waals surface area (Å²) in [6.07, 6.45) is 14.4. The molecule has 1 aliphatic rings. The van der Waals surface area contributed by atoms with Crippen LogP contribution < -0.4 is 0 Å². The highest BCUT2D eigenvalue weighted by Crippen LogP contribution is 2.40. The minimum absolute atomic E-state index is 0.0783. The molecular formula is C22H40O2Si. The summed E-state index contributed by atoms with van der Waals surface area (Å²) in [7, 11) is -1.80. The van der Waals surface area contributed by atoms with Crippen molar-refractivity contribution >= 4 is 8.32 Å². The second-order valence-corrected chi connectivity index (χ2v) is 13.8. The van der Waals surface area contributed by atoms with E-state index >= 15 is 0 Å². The van der Waals surface area contributed by atoms with Gasteiger partial charge < -0.3 is 9.16 Å². The lowest BCUT2D eigenvalue weighted by atomic mass is 9.93. The van der Waals surface area contributed by atoms with Crippen LogP contribution in [0.15, 0.2) is 36.0 Å². The molecule has 0 aromatic rings. The quantitative estimate of drug-likeness (QED) is 0.371. The van der Waals surface area contributed by atoms with Crippen molar-refractivity contribution in [2.75, 3.05) is 6.61 Å². The van der Waals surface area contributed by atoms with Crippen LogP contribution in [-0.2, 0) is 9.16 Å². The maximum Gasteiger partial charge on any atom is 0.192 e. The van der Waals surface area contributed by atoms with Crippen LogP contribution in [0.25, 0.3) is 0 Å². The van der Waals surface area contributed by atoms with Crippen molar-refractivity contribution in [3.8, 4) is 0 Å². The molecule has 0 unspecified atom stereocenters. The number of allylic oxidation sites excluding steroid dienone is 5. The maximum absolute atomic E-state index is 6.74. The van der Waals surface area contributed by atoms with Crippen molar-refractivity contribution in [1.29, 1.82) is 0 Å². The van der Waals surface area contributed by atoms with Gasteiger partial charge in [0.1, 0.15) is 6.10 Å². The predicted octanol–water partition coefficient (Wildman–Crippen LogP) is 6.66. The molecule has 0 aliphatic carbocycles. The van der Waals surface area contributed by atoms with Crippen molar-refractivity contribution in [1.82, 2.24) is 0 Å². The van der Waals surface area contributed by atoms with Gasteiger partial charge in [0.15, 0.2) is 8.32 Å². The molecule has 144 valence electrons. The van der Waals surface area contributed by atoms with Gasteiger partial charge in [-0.1, -0.05) is 71.4 Å². The maximum atomic E-state index is 6.74. The summed E-state index contributed by atoms with van der Waals surface area (Å²) in [4.78, 5) is 0.